The van der Waals surface area contributed by atoms with Crippen molar-refractivity contribution in [2.75, 3.05) is 20.8 Å². The zero-order valence-electron chi connectivity index (χ0n) is 21.0. The van der Waals surface area contributed by atoms with Crippen LogP contribution in [0.3, 0.4) is 0 Å². The maximum Gasteiger partial charge on any atom is 0.341 e. The third-order valence-corrected chi connectivity index (χ3v) is 5.47. The molecular formula is C27H34N2O5. The van der Waals surface area contributed by atoms with Gasteiger partial charge in [-0.3, -0.25) is 4.68 Å². The molecule has 0 unspecified atom stereocenters. The van der Waals surface area contributed by atoms with E-state index in [2.05, 4.69) is 34.6 Å². The Bertz CT molecular complexity index is 1160. The lowest BCUT2D eigenvalue weighted by Gasteiger charge is -2.21. The second-order valence-electron chi connectivity index (χ2n) is 9.68. The first-order valence-electron chi connectivity index (χ1n) is 11.3. The molecule has 0 aliphatic rings. The Balaban J connectivity index is 2.20. The zero-order chi connectivity index (χ0) is 25.0. The van der Waals surface area contributed by atoms with Gasteiger partial charge in [-0.25, -0.2) is 4.79 Å². The summed E-state index contributed by atoms with van der Waals surface area (Å²) in [7, 11) is 3.23. The molecule has 0 aliphatic heterocycles. The maximum atomic E-state index is 11.2. The molecule has 7 nitrogen and oxygen atoms in total. The van der Waals surface area contributed by atoms with Crippen molar-refractivity contribution < 1.29 is 24.1 Å². The molecule has 1 aromatic heterocycles. The van der Waals surface area contributed by atoms with Crippen LogP contribution in [0.25, 0.3) is 22.5 Å². The third kappa shape index (κ3) is 5.53. The molecule has 0 atom stereocenters. The van der Waals surface area contributed by atoms with Crippen LogP contribution in [0, 0.1) is 5.92 Å². The molecule has 3 aromatic rings. The largest absolute Gasteiger partial charge is 0.493 e. The van der Waals surface area contributed by atoms with Crippen LogP contribution in [-0.4, -0.2) is 41.7 Å². The highest BCUT2D eigenvalue weighted by Crippen LogP contribution is 2.41. The number of aliphatic carboxylic acids is 1. The molecule has 0 amide bonds. The lowest BCUT2D eigenvalue weighted by Crippen LogP contribution is -2.13. The molecule has 0 saturated heterocycles. The molecule has 0 saturated carbocycles. The quantitative estimate of drug-likeness (QED) is 0.439. The summed E-state index contributed by atoms with van der Waals surface area (Å²) in [5.41, 5.74) is 4.11. The van der Waals surface area contributed by atoms with Crippen molar-refractivity contribution in [3.63, 3.8) is 0 Å². The first-order chi connectivity index (χ1) is 16.0. The van der Waals surface area contributed by atoms with Gasteiger partial charge in [0.15, 0.2) is 18.1 Å². The second-order valence-corrected chi connectivity index (χ2v) is 9.68. The van der Waals surface area contributed by atoms with Crippen molar-refractivity contribution in [3.05, 3.63) is 48.0 Å². The molecule has 0 fully saturated rings. The van der Waals surface area contributed by atoms with Crippen LogP contribution in [0.15, 0.2) is 42.5 Å². The maximum absolute atomic E-state index is 11.2. The van der Waals surface area contributed by atoms with E-state index in [1.807, 2.05) is 47.1 Å². The lowest BCUT2D eigenvalue weighted by molar-refractivity contribution is -0.139. The minimum atomic E-state index is -1.03. The molecule has 0 bridgehead atoms. The molecule has 1 N–H and O–H groups in total. The molecule has 2 aromatic carbocycles. The van der Waals surface area contributed by atoms with Crippen molar-refractivity contribution in [3.8, 4) is 39.8 Å². The van der Waals surface area contributed by atoms with Crippen molar-refractivity contribution in [2.24, 2.45) is 5.92 Å². The Morgan fingerprint density at radius 2 is 1.76 bits per heavy atom. The van der Waals surface area contributed by atoms with Crippen LogP contribution in [0.1, 0.15) is 40.2 Å². The van der Waals surface area contributed by atoms with E-state index in [9.17, 15) is 9.90 Å². The normalized spacial score (nSPS) is 11.5. The number of para-hydroxylation sites is 1. The highest BCUT2D eigenvalue weighted by molar-refractivity contribution is 5.78. The number of rotatable bonds is 9. The van der Waals surface area contributed by atoms with Gasteiger partial charge in [0.1, 0.15) is 5.75 Å². The Kier molecular flexibility index (Phi) is 7.54. The monoisotopic (exact) mass is 466 g/mol. The number of nitrogens with zero attached hydrogens (tertiary/aromatic N) is 2. The molecule has 0 spiro atoms. The Hall–Kier alpha value is -3.48. The number of hydrogen-bond acceptors (Lipinski definition) is 5. The van der Waals surface area contributed by atoms with Gasteiger partial charge in [-0.1, -0.05) is 46.8 Å². The molecule has 34 heavy (non-hydrogen) atoms. The minimum Gasteiger partial charge on any atom is -0.493 e. The Morgan fingerprint density at radius 3 is 2.35 bits per heavy atom. The topological polar surface area (TPSA) is 82.8 Å². The van der Waals surface area contributed by atoms with Crippen molar-refractivity contribution in [1.29, 1.82) is 0 Å². The SMILES string of the molecule is COc1cccc(-c2cc(-c3ccc(C(C)(C)C)cc3OCC(=O)O)nn2CC(C)C)c1OC. The number of ether oxygens (including phenoxy) is 3. The predicted octanol–water partition coefficient (Wildman–Crippen LogP) is 5.65. The first kappa shape index (κ1) is 25.1. The summed E-state index contributed by atoms with van der Waals surface area (Å²) in [4.78, 5) is 11.2. The smallest absolute Gasteiger partial charge is 0.341 e. The van der Waals surface area contributed by atoms with Crippen LogP contribution >= 0.6 is 0 Å². The number of carboxylic acids is 1. The first-order valence-corrected chi connectivity index (χ1v) is 11.3. The minimum absolute atomic E-state index is 0.115. The van der Waals surface area contributed by atoms with E-state index in [1.165, 1.54) is 0 Å². The summed E-state index contributed by atoms with van der Waals surface area (Å²) >= 11 is 0. The zero-order valence-corrected chi connectivity index (χ0v) is 21.0. The summed E-state index contributed by atoms with van der Waals surface area (Å²) in [6, 6.07) is 13.6. The van der Waals surface area contributed by atoms with Gasteiger partial charge in [0.25, 0.3) is 0 Å². The van der Waals surface area contributed by atoms with Gasteiger partial charge in [0.05, 0.1) is 25.6 Å². The summed E-state index contributed by atoms with van der Waals surface area (Å²) < 4.78 is 18.8. The van der Waals surface area contributed by atoms with Crippen LogP contribution < -0.4 is 14.2 Å². The summed E-state index contributed by atoms with van der Waals surface area (Å²) in [5, 5.41) is 14.1. The van der Waals surface area contributed by atoms with E-state index in [0.29, 0.717) is 35.4 Å². The van der Waals surface area contributed by atoms with E-state index in [4.69, 9.17) is 19.3 Å². The average Bonchev–Trinajstić information content (AvgIpc) is 3.18. The van der Waals surface area contributed by atoms with Crippen LogP contribution in [0.5, 0.6) is 17.2 Å². The molecule has 182 valence electrons. The van der Waals surface area contributed by atoms with Crippen molar-refractivity contribution in [1.82, 2.24) is 9.78 Å². The van der Waals surface area contributed by atoms with Gasteiger partial charge in [-0.05, 0) is 47.2 Å². The summed E-state index contributed by atoms with van der Waals surface area (Å²) in [5.74, 6) is 1.09. The van der Waals surface area contributed by atoms with Crippen molar-refractivity contribution >= 4 is 5.97 Å². The molecule has 7 heteroatoms. The molecule has 3 rings (SSSR count). The molecule has 1 heterocycles. The fourth-order valence-electron chi connectivity index (χ4n) is 3.80. The predicted molar refractivity (Wildman–Crippen MR) is 133 cm³/mol. The molecule has 0 radical (unpaired) electrons. The highest BCUT2D eigenvalue weighted by Gasteiger charge is 2.22. The van der Waals surface area contributed by atoms with Gasteiger partial charge in [-0.15, -0.1) is 0 Å². The molecule has 0 aliphatic carbocycles. The van der Waals surface area contributed by atoms with Crippen LogP contribution in [-0.2, 0) is 16.8 Å². The summed E-state index contributed by atoms with van der Waals surface area (Å²) in [6.45, 7) is 10.8. The number of carboxylic acid groups (broad SMARTS) is 1. The van der Waals surface area contributed by atoms with Crippen molar-refractivity contribution in [2.45, 2.75) is 46.6 Å². The van der Waals surface area contributed by atoms with E-state index >= 15 is 0 Å². The fourth-order valence-corrected chi connectivity index (χ4v) is 3.80. The summed E-state index contributed by atoms with van der Waals surface area (Å²) in [6.07, 6.45) is 0. The van der Waals surface area contributed by atoms with Crippen LogP contribution in [0.2, 0.25) is 0 Å². The average molecular weight is 467 g/mol. The number of hydrogen-bond donors (Lipinski definition) is 1. The lowest BCUT2D eigenvalue weighted by atomic mass is 9.86. The fraction of sp³-hybridized carbons (Fsp3) is 0.407. The van der Waals surface area contributed by atoms with E-state index < -0.39 is 12.6 Å². The van der Waals surface area contributed by atoms with Gasteiger partial charge >= 0.3 is 5.97 Å². The number of aromatic nitrogens is 2. The van der Waals surface area contributed by atoms with Gasteiger partial charge in [0.2, 0.25) is 0 Å². The van der Waals surface area contributed by atoms with Gasteiger partial charge < -0.3 is 19.3 Å². The third-order valence-electron chi connectivity index (χ3n) is 5.47. The number of benzene rings is 2. The van der Waals surface area contributed by atoms with Gasteiger partial charge in [-0.2, -0.15) is 5.10 Å². The highest BCUT2D eigenvalue weighted by atomic mass is 16.5. The second kappa shape index (κ2) is 10.2. The van der Waals surface area contributed by atoms with E-state index in [-0.39, 0.29) is 5.41 Å². The molecular weight excluding hydrogens is 432 g/mol. The van der Waals surface area contributed by atoms with Gasteiger partial charge in [0, 0.05) is 17.7 Å². The Morgan fingerprint density at radius 1 is 1.03 bits per heavy atom. The number of methoxy groups -OCH3 is 2. The van der Waals surface area contributed by atoms with E-state index in [0.717, 1.165) is 22.4 Å². The van der Waals surface area contributed by atoms with Crippen LogP contribution in [0.4, 0.5) is 0 Å². The standard InChI is InChI=1S/C27H34N2O5/c1-17(2)15-29-22(20-9-8-10-23(32-6)26(20)33-7)14-21(28-29)19-12-11-18(27(3,4)5)13-24(19)34-16-25(30)31/h8-14,17H,15-16H2,1-7H3,(H,30,31). The number of carbonyl (C=O) groups is 1. The van der Waals surface area contributed by atoms with E-state index in [1.54, 1.807) is 14.2 Å². The Labute approximate surface area is 201 Å².